The van der Waals surface area contributed by atoms with Crippen molar-refractivity contribution in [3.8, 4) is 0 Å². The Bertz CT molecular complexity index is 935. The Hall–Kier alpha value is -1.76. The fourth-order valence-electron chi connectivity index (χ4n) is 4.33. The standard InChI is InChI=1S/C22H26FNO3S/c23-20-8-6-19(7-9-20)22(11-13-27-14-12-22)16-24-28(25,26)21-10-5-17-3-1-2-4-18(17)15-21/h5-10,15,24H,1-4,11-14,16H2. The van der Waals surface area contributed by atoms with Gasteiger partial charge in [-0.3, -0.25) is 0 Å². The zero-order chi connectivity index (χ0) is 19.6. The van der Waals surface area contributed by atoms with Crippen LogP contribution in [0.15, 0.2) is 47.4 Å². The van der Waals surface area contributed by atoms with E-state index >= 15 is 0 Å². The SMILES string of the molecule is O=S(=O)(NCC1(c2ccc(F)cc2)CCOCC1)c1ccc2c(c1)CCCC2. The first-order chi connectivity index (χ1) is 13.5. The van der Waals surface area contributed by atoms with Gasteiger partial charge in [-0.1, -0.05) is 18.2 Å². The number of aryl methyl sites for hydroxylation is 2. The highest BCUT2D eigenvalue weighted by Gasteiger charge is 2.36. The lowest BCUT2D eigenvalue weighted by molar-refractivity contribution is 0.0517. The van der Waals surface area contributed by atoms with Crippen LogP contribution in [0.3, 0.4) is 0 Å². The van der Waals surface area contributed by atoms with Crippen LogP contribution in [0.25, 0.3) is 0 Å². The van der Waals surface area contributed by atoms with Crippen molar-refractivity contribution in [1.82, 2.24) is 4.72 Å². The van der Waals surface area contributed by atoms with E-state index in [1.54, 1.807) is 18.2 Å². The minimum atomic E-state index is -3.61. The molecule has 2 aliphatic rings. The molecule has 4 rings (SSSR count). The predicted octanol–water partition coefficient (Wildman–Crippen LogP) is 3.73. The minimum Gasteiger partial charge on any atom is -0.381 e. The van der Waals surface area contributed by atoms with Gasteiger partial charge in [0.15, 0.2) is 0 Å². The van der Waals surface area contributed by atoms with E-state index in [2.05, 4.69) is 4.72 Å². The van der Waals surface area contributed by atoms with Crippen molar-refractivity contribution in [3.05, 3.63) is 65.0 Å². The lowest BCUT2D eigenvalue weighted by Crippen LogP contribution is -2.44. The first-order valence-electron chi connectivity index (χ1n) is 9.94. The maximum Gasteiger partial charge on any atom is 0.240 e. The van der Waals surface area contributed by atoms with Crippen LogP contribution in [0.5, 0.6) is 0 Å². The molecule has 150 valence electrons. The van der Waals surface area contributed by atoms with Gasteiger partial charge in [0.25, 0.3) is 0 Å². The van der Waals surface area contributed by atoms with Crippen LogP contribution in [-0.4, -0.2) is 28.2 Å². The van der Waals surface area contributed by atoms with Gasteiger partial charge in [0, 0.05) is 25.2 Å². The summed E-state index contributed by atoms with van der Waals surface area (Å²) >= 11 is 0. The summed E-state index contributed by atoms with van der Waals surface area (Å²) in [5.41, 5.74) is 2.98. The molecule has 2 aromatic rings. The van der Waals surface area contributed by atoms with Gasteiger partial charge >= 0.3 is 0 Å². The second-order valence-corrected chi connectivity index (χ2v) is 9.63. The minimum absolute atomic E-state index is 0.279. The Morgan fingerprint density at radius 1 is 0.964 bits per heavy atom. The Balaban J connectivity index is 1.57. The third-order valence-electron chi connectivity index (χ3n) is 6.14. The molecule has 0 unspecified atom stereocenters. The quantitative estimate of drug-likeness (QED) is 0.828. The maximum atomic E-state index is 13.4. The van der Waals surface area contributed by atoms with Gasteiger partial charge in [0.05, 0.1) is 4.90 Å². The summed E-state index contributed by atoms with van der Waals surface area (Å²) in [5.74, 6) is -0.291. The molecule has 0 amide bonds. The third kappa shape index (κ3) is 4.00. The molecule has 0 atom stereocenters. The third-order valence-corrected chi connectivity index (χ3v) is 7.54. The zero-order valence-electron chi connectivity index (χ0n) is 15.9. The number of nitrogens with one attached hydrogen (secondary N) is 1. The van der Waals surface area contributed by atoms with E-state index in [1.807, 2.05) is 12.1 Å². The van der Waals surface area contributed by atoms with E-state index in [-0.39, 0.29) is 17.8 Å². The fourth-order valence-corrected chi connectivity index (χ4v) is 5.50. The largest absolute Gasteiger partial charge is 0.381 e. The predicted molar refractivity (Wildman–Crippen MR) is 106 cm³/mol. The van der Waals surface area contributed by atoms with Crippen molar-refractivity contribution in [3.63, 3.8) is 0 Å². The molecule has 0 bridgehead atoms. The van der Waals surface area contributed by atoms with Crippen LogP contribution < -0.4 is 4.72 Å². The first-order valence-corrected chi connectivity index (χ1v) is 11.4. The van der Waals surface area contributed by atoms with Crippen molar-refractivity contribution in [2.45, 2.75) is 48.8 Å². The van der Waals surface area contributed by atoms with E-state index in [1.165, 1.54) is 24.1 Å². The first kappa shape index (κ1) is 19.6. The van der Waals surface area contributed by atoms with E-state index in [4.69, 9.17) is 4.74 Å². The summed E-state index contributed by atoms with van der Waals surface area (Å²) in [6.07, 6.45) is 5.64. The molecular formula is C22H26FNO3S. The van der Waals surface area contributed by atoms with E-state index < -0.39 is 10.0 Å². The molecule has 0 radical (unpaired) electrons. The number of hydrogen-bond acceptors (Lipinski definition) is 3. The van der Waals surface area contributed by atoms with Crippen molar-refractivity contribution < 1.29 is 17.5 Å². The smallest absolute Gasteiger partial charge is 0.240 e. The monoisotopic (exact) mass is 403 g/mol. The summed E-state index contributed by atoms with van der Waals surface area (Å²) < 4.78 is 47.7. The molecule has 4 nitrogen and oxygen atoms in total. The second kappa shape index (κ2) is 7.93. The average molecular weight is 404 g/mol. The molecule has 6 heteroatoms. The molecule has 0 aromatic heterocycles. The topological polar surface area (TPSA) is 55.4 Å². The van der Waals surface area contributed by atoms with E-state index in [9.17, 15) is 12.8 Å². The molecule has 1 fully saturated rings. The summed E-state index contributed by atoms with van der Waals surface area (Å²) in [6, 6.07) is 11.9. The number of benzene rings is 2. The van der Waals surface area contributed by atoms with Gasteiger partial charge in [0.1, 0.15) is 5.82 Å². The molecule has 0 saturated carbocycles. The number of sulfonamides is 1. The lowest BCUT2D eigenvalue weighted by Gasteiger charge is -2.38. The van der Waals surface area contributed by atoms with Gasteiger partial charge in [-0.05, 0) is 79.5 Å². The lowest BCUT2D eigenvalue weighted by atomic mass is 9.74. The normalized spacial score (nSPS) is 19.2. The Kier molecular flexibility index (Phi) is 5.54. The summed E-state index contributed by atoms with van der Waals surface area (Å²) in [7, 11) is -3.61. The van der Waals surface area contributed by atoms with Gasteiger partial charge < -0.3 is 4.74 Å². The molecule has 0 spiro atoms. The number of halogens is 1. The van der Waals surface area contributed by atoms with Crippen molar-refractivity contribution in [2.75, 3.05) is 19.8 Å². The van der Waals surface area contributed by atoms with Crippen LogP contribution in [0.2, 0.25) is 0 Å². The Morgan fingerprint density at radius 2 is 1.64 bits per heavy atom. The number of hydrogen-bond donors (Lipinski definition) is 1. The number of fused-ring (bicyclic) bond motifs is 1. The highest BCUT2D eigenvalue weighted by Crippen LogP contribution is 2.35. The molecule has 28 heavy (non-hydrogen) atoms. The van der Waals surface area contributed by atoms with Crippen molar-refractivity contribution in [2.24, 2.45) is 0 Å². The van der Waals surface area contributed by atoms with Gasteiger partial charge in [-0.2, -0.15) is 0 Å². The highest BCUT2D eigenvalue weighted by atomic mass is 32.2. The molecular weight excluding hydrogens is 377 g/mol. The van der Waals surface area contributed by atoms with E-state index in [0.717, 1.165) is 30.4 Å². The molecule has 1 heterocycles. The fraction of sp³-hybridized carbons (Fsp3) is 0.455. The molecule has 1 saturated heterocycles. The van der Waals surface area contributed by atoms with Gasteiger partial charge in [-0.25, -0.2) is 17.5 Å². The second-order valence-electron chi connectivity index (χ2n) is 7.86. The van der Waals surface area contributed by atoms with Crippen LogP contribution in [0.4, 0.5) is 4.39 Å². The maximum absolute atomic E-state index is 13.4. The van der Waals surface area contributed by atoms with Crippen molar-refractivity contribution in [1.29, 1.82) is 0 Å². The van der Waals surface area contributed by atoms with Crippen LogP contribution in [0.1, 0.15) is 42.4 Å². The van der Waals surface area contributed by atoms with Crippen LogP contribution in [-0.2, 0) is 33.0 Å². The van der Waals surface area contributed by atoms with Crippen molar-refractivity contribution >= 4 is 10.0 Å². The number of rotatable bonds is 5. The zero-order valence-corrected chi connectivity index (χ0v) is 16.7. The Morgan fingerprint density at radius 3 is 2.36 bits per heavy atom. The molecule has 1 aliphatic carbocycles. The highest BCUT2D eigenvalue weighted by molar-refractivity contribution is 7.89. The van der Waals surface area contributed by atoms with Gasteiger partial charge in [0.2, 0.25) is 10.0 Å². The molecule has 2 aromatic carbocycles. The van der Waals surface area contributed by atoms with Crippen LogP contribution >= 0.6 is 0 Å². The molecule has 1 N–H and O–H groups in total. The Labute approximate surface area is 166 Å². The summed E-state index contributed by atoms with van der Waals surface area (Å²) in [4.78, 5) is 0.328. The average Bonchev–Trinajstić information content (AvgIpc) is 2.73. The number of ether oxygens (including phenoxy) is 1. The van der Waals surface area contributed by atoms with Gasteiger partial charge in [-0.15, -0.1) is 0 Å². The van der Waals surface area contributed by atoms with E-state index in [0.29, 0.717) is 31.0 Å². The molecule has 1 aliphatic heterocycles. The summed E-state index contributed by atoms with van der Waals surface area (Å²) in [5, 5.41) is 0. The summed E-state index contributed by atoms with van der Waals surface area (Å²) in [6.45, 7) is 1.41. The van der Waals surface area contributed by atoms with Crippen LogP contribution in [0, 0.1) is 5.82 Å².